The number of nitrogens with zero attached hydrogens (tertiary/aromatic N) is 2. The fourth-order valence-electron chi connectivity index (χ4n) is 2.84. The molecule has 19 heavy (non-hydrogen) atoms. The number of pyridine rings is 2. The number of aryl methyl sites for hydroxylation is 4. The maximum atomic E-state index is 4.91. The fraction of sp³-hybridized carbons (Fsp3) is 0.412. The van der Waals surface area contributed by atoms with E-state index in [9.17, 15) is 0 Å². The van der Waals surface area contributed by atoms with Gasteiger partial charge in [0.1, 0.15) is 0 Å². The predicted octanol–water partition coefficient (Wildman–Crippen LogP) is 3.89. The van der Waals surface area contributed by atoms with Crippen LogP contribution < -0.4 is 0 Å². The topological polar surface area (TPSA) is 25.8 Å². The van der Waals surface area contributed by atoms with E-state index >= 15 is 0 Å². The van der Waals surface area contributed by atoms with Gasteiger partial charge in [-0.3, -0.25) is 9.97 Å². The highest BCUT2D eigenvalue weighted by atomic mass is 14.7. The molecule has 0 amide bonds. The highest BCUT2D eigenvalue weighted by Crippen LogP contribution is 2.27. The summed E-state index contributed by atoms with van der Waals surface area (Å²) in [6.45, 7) is 4.22. The summed E-state index contributed by atoms with van der Waals surface area (Å²) in [4.78, 5) is 9.30. The molecule has 1 aliphatic carbocycles. The van der Waals surface area contributed by atoms with Crippen LogP contribution >= 0.6 is 0 Å². The van der Waals surface area contributed by atoms with Gasteiger partial charge in [-0.2, -0.15) is 0 Å². The standard InChI is InChI=1S/C17H20N2/c1-3-13-11-18-12(2)10-15(13)17-9-8-14-6-4-5-7-16(14)19-17/h8-11H,3-7H2,1-2H3. The van der Waals surface area contributed by atoms with Crippen molar-refractivity contribution in [2.75, 3.05) is 0 Å². The number of hydrogen-bond donors (Lipinski definition) is 0. The Balaban J connectivity index is 2.09. The van der Waals surface area contributed by atoms with Crippen molar-refractivity contribution in [1.82, 2.24) is 9.97 Å². The Morgan fingerprint density at radius 2 is 2.00 bits per heavy atom. The van der Waals surface area contributed by atoms with E-state index in [1.165, 1.54) is 41.6 Å². The number of hydrogen-bond acceptors (Lipinski definition) is 2. The second-order valence-corrected chi connectivity index (χ2v) is 5.35. The van der Waals surface area contributed by atoms with Crippen LogP contribution in [0, 0.1) is 6.92 Å². The molecule has 2 nitrogen and oxygen atoms in total. The Kier molecular flexibility index (Phi) is 3.33. The molecule has 0 unspecified atom stereocenters. The molecule has 0 atom stereocenters. The van der Waals surface area contributed by atoms with Gasteiger partial charge in [0.05, 0.1) is 5.69 Å². The first-order chi connectivity index (χ1) is 9.28. The first kappa shape index (κ1) is 12.3. The van der Waals surface area contributed by atoms with Crippen molar-refractivity contribution >= 4 is 0 Å². The third kappa shape index (κ3) is 2.40. The van der Waals surface area contributed by atoms with Gasteiger partial charge in [0, 0.05) is 23.1 Å². The van der Waals surface area contributed by atoms with Gasteiger partial charge in [-0.1, -0.05) is 13.0 Å². The third-order valence-corrected chi connectivity index (χ3v) is 3.96. The highest BCUT2D eigenvalue weighted by molar-refractivity contribution is 5.64. The molecule has 0 saturated heterocycles. The Hall–Kier alpha value is -1.70. The van der Waals surface area contributed by atoms with Gasteiger partial charge >= 0.3 is 0 Å². The van der Waals surface area contributed by atoms with Crippen LogP contribution in [-0.4, -0.2) is 9.97 Å². The van der Waals surface area contributed by atoms with Gasteiger partial charge in [0.2, 0.25) is 0 Å². The molecule has 0 spiro atoms. The van der Waals surface area contributed by atoms with Gasteiger partial charge in [-0.05, 0) is 62.3 Å². The summed E-state index contributed by atoms with van der Waals surface area (Å²) < 4.78 is 0. The monoisotopic (exact) mass is 252 g/mol. The average molecular weight is 252 g/mol. The minimum Gasteiger partial charge on any atom is -0.261 e. The highest BCUT2D eigenvalue weighted by Gasteiger charge is 2.13. The summed E-state index contributed by atoms with van der Waals surface area (Å²) in [5.74, 6) is 0. The van der Waals surface area contributed by atoms with E-state index in [0.717, 1.165) is 24.2 Å². The second kappa shape index (κ2) is 5.12. The van der Waals surface area contributed by atoms with Gasteiger partial charge in [-0.25, -0.2) is 0 Å². The lowest BCUT2D eigenvalue weighted by atomic mass is 9.94. The van der Waals surface area contributed by atoms with Crippen molar-refractivity contribution in [3.05, 3.63) is 46.9 Å². The van der Waals surface area contributed by atoms with Gasteiger partial charge in [-0.15, -0.1) is 0 Å². The lowest BCUT2D eigenvalue weighted by Gasteiger charge is -2.16. The molecule has 0 aliphatic heterocycles. The van der Waals surface area contributed by atoms with Crippen LogP contribution in [-0.2, 0) is 19.3 Å². The summed E-state index contributed by atoms with van der Waals surface area (Å²) in [5, 5.41) is 0. The lowest BCUT2D eigenvalue weighted by Crippen LogP contribution is -2.06. The lowest BCUT2D eigenvalue weighted by molar-refractivity contribution is 0.668. The largest absolute Gasteiger partial charge is 0.261 e. The maximum absolute atomic E-state index is 4.91. The molecule has 2 aromatic heterocycles. The first-order valence-electron chi connectivity index (χ1n) is 7.22. The van der Waals surface area contributed by atoms with Crippen LogP contribution in [0.25, 0.3) is 11.3 Å². The summed E-state index contributed by atoms with van der Waals surface area (Å²) in [6.07, 6.45) is 7.91. The van der Waals surface area contributed by atoms with Crippen LogP contribution in [0.5, 0.6) is 0 Å². The molecule has 0 N–H and O–H groups in total. The zero-order valence-electron chi connectivity index (χ0n) is 11.7. The quantitative estimate of drug-likeness (QED) is 0.810. The zero-order valence-corrected chi connectivity index (χ0v) is 11.7. The Morgan fingerprint density at radius 1 is 1.16 bits per heavy atom. The van der Waals surface area contributed by atoms with E-state index in [2.05, 4.69) is 30.1 Å². The van der Waals surface area contributed by atoms with Crippen molar-refractivity contribution in [1.29, 1.82) is 0 Å². The van der Waals surface area contributed by atoms with Crippen LogP contribution in [0.15, 0.2) is 24.4 Å². The normalized spacial score (nSPS) is 14.2. The number of aromatic nitrogens is 2. The minimum absolute atomic E-state index is 1.00. The molecule has 0 bridgehead atoms. The van der Waals surface area contributed by atoms with Crippen LogP contribution in [0.1, 0.15) is 42.3 Å². The molecule has 0 fully saturated rings. The van der Waals surface area contributed by atoms with Gasteiger partial charge < -0.3 is 0 Å². The molecule has 0 saturated carbocycles. The van der Waals surface area contributed by atoms with Gasteiger partial charge in [0.15, 0.2) is 0 Å². The van der Waals surface area contributed by atoms with E-state index in [4.69, 9.17) is 4.98 Å². The average Bonchev–Trinajstić information content (AvgIpc) is 2.46. The van der Waals surface area contributed by atoms with Crippen molar-refractivity contribution in [2.45, 2.75) is 46.0 Å². The minimum atomic E-state index is 1.00. The summed E-state index contributed by atoms with van der Waals surface area (Å²) in [6, 6.07) is 6.61. The van der Waals surface area contributed by atoms with Crippen LogP contribution in [0.4, 0.5) is 0 Å². The SMILES string of the molecule is CCc1cnc(C)cc1-c1ccc2c(n1)CCCC2. The van der Waals surface area contributed by atoms with Gasteiger partial charge in [0.25, 0.3) is 0 Å². The van der Waals surface area contributed by atoms with Crippen molar-refractivity contribution in [3.8, 4) is 11.3 Å². The molecule has 98 valence electrons. The molecule has 3 rings (SSSR count). The second-order valence-electron chi connectivity index (χ2n) is 5.35. The number of rotatable bonds is 2. The van der Waals surface area contributed by atoms with Crippen molar-refractivity contribution in [3.63, 3.8) is 0 Å². The van der Waals surface area contributed by atoms with E-state index in [1.54, 1.807) is 0 Å². The Bertz CT molecular complexity index is 602. The summed E-state index contributed by atoms with van der Waals surface area (Å²) >= 11 is 0. The summed E-state index contributed by atoms with van der Waals surface area (Å²) in [5.41, 5.74) is 7.46. The van der Waals surface area contributed by atoms with Crippen molar-refractivity contribution < 1.29 is 0 Å². The summed E-state index contributed by atoms with van der Waals surface area (Å²) in [7, 11) is 0. The molecule has 2 heteroatoms. The molecule has 0 aromatic carbocycles. The zero-order chi connectivity index (χ0) is 13.2. The van der Waals surface area contributed by atoms with E-state index < -0.39 is 0 Å². The third-order valence-electron chi connectivity index (χ3n) is 3.96. The van der Waals surface area contributed by atoms with Crippen molar-refractivity contribution in [2.24, 2.45) is 0 Å². The molecule has 1 aliphatic rings. The smallest absolute Gasteiger partial charge is 0.0709 e. The maximum Gasteiger partial charge on any atom is 0.0709 e. The molecular weight excluding hydrogens is 232 g/mol. The van der Waals surface area contributed by atoms with Crippen LogP contribution in [0.3, 0.4) is 0 Å². The molecule has 0 radical (unpaired) electrons. The van der Waals surface area contributed by atoms with E-state index in [1.807, 2.05) is 13.1 Å². The van der Waals surface area contributed by atoms with E-state index in [-0.39, 0.29) is 0 Å². The van der Waals surface area contributed by atoms with E-state index in [0.29, 0.717) is 0 Å². The van der Waals surface area contributed by atoms with Crippen LogP contribution in [0.2, 0.25) is 0 Å². The Labute approximate surface area is 114 Å². The number of fused-ring (bicyclic) bond motifs is 1. The molecule has 2 aromatic rings. The first-order valence-corrected chi connectivity index (χ1v) is 7.22. The molecule has 2 heterocycles. The fourth-order valence-corrected chi connectivity index (χ4v) is 2.84. The predicted molar refractivity (Wildman–Crippen MR) is 78.2 cm³/mol. The molecular formula is C17H20N2. The Morgan fingerprint density at radius 3 is 2.84 bits per heavy atom.